The van der Waals surface area contributed by atoms with E-state index < -0.39 is 11.8 Å². The van der Waals surface area contributed by atoms with Gasteiger partial charge in [0.2, 0.25) is 0 Å². The number of ether oxygens (including phenoxy) is 2. The minimum Gasteiger partial charge on any atom is -0.485 e. The van der Waals surface area contributed by atoms with E-state index >= 15 is 0 Å². The van der Waals surface area contributed by atoms with Gasteiger partial charge in [0, 0.05) is 0 Å². The summed E-state index contributed by atoms with van der Waals surface area (Å²) < 4.78 is 11.0. The summed E-state index contributed by atoms with van der Waals surface area (Å²) in [6, 6.07) is 15.4. The minimum atomic E-state index is -0.858. The predicted molar refractivity (Wildman–Crippen MR) is 144 cm³/mol. The third-order valence-corrected chi connectivity index (χ3v) is 8.32. The molecule has 1 fully saturated rings. The first kappa shape index (κ1) is 27.4. The second kappa shape index (κ2) is 13.8. The van der Waals surface area contributed by atoms with Crippen LogP contribution in [0.3, 0.4) is 0 Å². The van der Waals surface area contributed by atoms with E-state index in [1.54, 1.807) is 0 Å². The number of carbonyl (C=O) groups is 2. The van der Waals surface area contributed by atoms with Crippen molar-refractivity contribution in [1.29, 1.82) is 0 Å². The van der Waals surface area contributed by atoms with E-state index in [1.807, 2.05) is 42.5 Å². The van der Waals surface area contributed by atoms with Crippen LogP contribution in [0.5, 0.6) is 5.75 Å². The molecular weight excluding hydrogens is 464 g/mol. The van der Waals surface area contributed by atoms with Gasteiger partial charge < -0.3 is 14.6 Å². The number of benzene rings is 2. The number of hydrogen-bond acceptors (Lipinski definition) is 5. The molecule has 2 aromatic carbocycles. The Morgan fingerprint density at radius 3 is 2.59 bits per heavy atom. The number of Topliss-reactive ketones (excluding diaryl/α,β-unsaturated/α-hetero) is 1. The number of aliphatic hydroxyl groups excluding tert-OH is 1. The number of ketones is 1. The van der Waals surface area contributed by atoms with Crippen LogP contribution in [-0.4, -0.2) is 29.6 Å². The number of rotatable bonds is 14. The van der Waals surface area contributed by atoms with Crippen LogP contribution in [-0.2, 0) is 33.8 Å². The Morgan fingerprint density at radius 2 is 1.78 bits per heavy atom. The summed E-state index contributed by atoms with van der Waals surface area (Å²) in [5.41, 5.74) is 3.35. The third-order valence-electron chi connectivity index (χ3n) is 8.32. The van der Waals surface area contributed by atoms with Crippen molar-refractivity contribution in [3.05, 3.63) is 65.2 Å². The van der Waals surface area contributed by atoms with Gasteiger partial charge >= 0.3 is 5.97 Å². The largest absolute Gasteiger partial charge is 0.485 e. The molecule has 37 heavy (non-hydrogen) atoms. The molecule has 0 bridgehead atoms. The zero-order chi connectivity index (χ0) is 26.0. The zero-order valence-electron chi connectivity index (χ0n) is 22.2. The van der Waals surface area contributed by atoms with Crippen molar-refractivity contribution in [2.75, 3.05) is 6.61 Å². The number of unbranched alkanes of at least 4 members (excludes halogenated alkanes) is 2. The average Bonchev–Trinajstić information content (AvgIpc) is 3.31. The van der Waals surface area contributed by atoms with Crippen LogP contribution in [0.15, 0.2) is 48.5 Å². The summed E-state index contributed by atoms with van der Waals surface area (Å²) in [6.45, 7) is 1.97. The van der Waals surface area contributed by atoms with Gasteiger partial charge in [-0.05, 0) is 79.0 Å². The fraction of sp³-hybridized carbons (Fsp3) is 0.562. The third kappa shape index (κ3) is 7.67. The Labute approximate surface area is 221 Å². The topological polar surface area (TPSA) is 72.8 Å². The highest BCUT2D eigenvalue weighted by Crippen LogP contribution is 2.48. The van der Waals surface area contributed by atoms with Crippen LogP contribution >= 0.6 is 0 Å². The molecule has 0 spiro atoms. The monoisotopic (exact) mass is 506 g/mol. The average molecular weight is 507 g/mol. The Balaban J connectivity index is 1.25. The molecule has 0 heterocycles. The maximum Gasteiger partial charge on any atom is 0.378 e. The Hall–Kier alpha value is -2.66. The Morgan fingerprint density at radius 1 is 0.973 bits per heavy atom. The molecule has 0 aliphatic heterocycles. The molecule has 0 aromatic heterocycles. The quantitative estimate of drug-likeness (QED) is 0.187. The van der Waals surface area contributed by atoms with Crippen molar-refractivity contribution >= 4 is 11.8 Å². The summed E-state index contributed by atoms with van der Waals surface area (Å²) in [7, 11) is 0. The fourth-order valence-electron chi connectivity index (χ4n) is 6.27. The van der Waals surface area contributed by atoms with Gasteiger partial charge in [0.1, 0.15) is 12.4 Å². The van der Waals surface area contributed by atoms with Crippen molar-refractivity contribution in [3.8, 4) is 5.75 Å². The van der Waals surface area contributed by atoms with E-state index in [0.717, 1.165) is 55.8 Å². The lowest BCUT2D eigenvalue weighted by Gasteiger charge is -2.32. The molecule has 2 aliphatic carbocycles. The Kier molecular flexibility index (Phi) is 10.2. The first-order chi connectivity index (χ1) is 18.0. The molecule has 4 atom stereocenters. The van der Waals surface area contributed by atoms with Crippen molar-refractivity contribution < 1.29 is 24.2 Å². The van der Waals surface area contributed by atoms with Gasteiger partial charge in [0.05, 0.1) is 6.10 Å². The molecule has 5 heteroatoms. The van der Waals surface area contributed by atoms with E-state index in [1.165, 1.54) is 43.2 Å². The lowest BCUT2D eigenvalue weighted by atomic mass is 9.73. The van der Waals surface area contributed by atoms with E-state index in [0.29, 0.717) is 11.8 Å². The Bertz CT molecular complexity index is 1020. The first-order valence-electron chi connectivity index (χ1n) is 14.2. The molecule has 2 aromatic rings. The van der Waals surface area contributed by atoms with E-state index in [9.17, 15) is 14.7 Å². The molecule has 1 saturated carbocycles. The SMILES string of the molecule is CCCCC[C@H](O)CCC[C@H]1CC[C@@H]2Cc3c(cccc3OCC(=O)C(=O)OCc3ccccc3)C[C@H]12. The molecule has 5 nitrogen and oxygen atoms in total. The molecular formula is C32H42O5. The van der Waals surface area contributed by atoms with Gasteiger partial charge in [-0.2, -0.15) is 0 Å². The van der Waals surface area contributed by atoms with Crippen LogP contribution < -0.4 is 4.74 Å². The summed E-state index contributed by atoms with van der Waals surface area (Å²) in [5.74, 6) is 1.26. The van der Waals surface area contributed by atoms with Crippen LogP contribution in [0.2, 0.25) is 0 Å². The minimum absolute atomic E-state index is 0.0776. The second-order valence-corrected chi connectivity index (χ2v) is 10.9. The van der Waals surface area contributed by atoms with Crippen LogP contribution in [0.1, 0.15) is 81.4 Å². The summed E-state index contributed by atoms with van der Waals surface area (Å²) in [4.78, 5) is 24.5. The van der Waals surface area contributed by atoms with Crippen molar-refractivity contribution in [3.63, 3.8) is 0 Å². The highest BCUT2D eigenvalue weighted by molar-refractivity contribution is 6.34. The van der Waals surface area contributed by atoms with Crippen LogP contribution in [0.25, 0.3) is 0 Å². The molecule has 0 amide bonds. The fourth-order valence-corrected chi connectivity index (χ4v) is 6.27. The van der Waals surface area contributed by atoms with Crippen molar-refractivity contribution in [1.82, 2.24) is 0 Å². The number of fused-ring (bicyclic) bond motifs is 2. The van der Waals surface area contributed by atoms with E-state index in [-0.39, 0.29) is 19.3 Å². The highest BCUT2D eigenvalue weighted by Gasteiger charge is 2.39. The van der Waals surface area contributed by atoms with E-state index in [4.69, 9.17) is 9.47 Å². The van der Waals surface area contributed by atoms with Gasteiger partial charge in [0.25, 0.3) is 5.78 Å². The van der Waals surface area contributed by atoms with Gasteiger partial charge in [0.15, 0.2) is 6.61 Å². The molecule has 2 aliphatic rings. The molecule has 0 unspecified atom stereocenters. The summed E-state index contributed by atoms with van der Waals surface area (Å²) in [5, 5.41) is 10.3. The standard InChI is InChI=1S/C32H42O5/c1-2-3-5-14-27(33)15-8-12-24-17-18-26-20-29-25(19-28(24)26)13-9-16-31(29)36-22-30(34)32(35)37-21-23-10-6-4-7-11-23/h4,6-7,9-11,13,16,24,26-28,33H,2-3,5,8,12,14-15,17-22H2,1H3/t24-,26+,27-,28+/m0/s1. The number of hydrogen-bond donors (Lipinski definition) is 1. The number of esters is 1. The normalized spacial score (nSPS) is 21.1. The molecule has 1 N–H and O–H groups in total. The molecule has 200 valence electrons. The lowest BCUT2D eigenvalue weighted by molar-refractivity contribution is -0.155. The summed E-state index contributed by atoms with van der Waals surface area (Å²) in [6.07, 6.45) is 12.1. The number of aliphatic hydroxyl groups is 1. The molecule has 4 rings (SSSR count). The van der Waals surface area contributed by atoms with Gasteiger partial charge in [-0.3, -0.25) is 4.79 Å². The van der Waals surface area contributed by atoms with Crippen molar-refractivity contribution in [2.45, 2.75) is 90.3 Å². The first-order valence-corrected chi connectivity index (χ1v) is 14.2. The number of carbonyl (C=O) groups excluding carboxylic acids is 2. The smallest absolute Gasteiger partial charge is 0.378 e. The van der Waals surface area contributed by atoms with Crippen LogP contribution in [0, 0.1) is 17.8 Å². The predicted octanol–water partition coefficient (Wildman–Crippen LogP) is 6.23. The van der Waals surface area contributed by atoms with Gasteiger partial charge in [-0.1, -0.05) is 81.5 Å². The molecule has 0 radical (unpaired) electrons. The maximum atomic E-state index is 12.3. The lowest BCUT2D eigenvalue weighted by Crippen LogP contribution is -2.27. The molecule has 0 saturated heterocycles. The van der Waals surface area contributed by atoms with E-state index in [2.05, 4.69) is 13.0 Å². The summed E-state index contributed by atoms with van der Waals surface area (Å²) >= 11 is 0. The highest BCUT2D eigenvalue weighted by atomic mass is 16.5. The van der Waals surface area contributed by atoms with Crippen LogP contribution in [0.4, 0.5) is 0 Å². The second-order valence-electron chi connectivity index (χ2n) is 10.9. The zero-order valence-corrected chi connectivity index (χ0v) is 22.2. The van der Waals surface area contributed by atoms with Gasteiger partial charge in [-0.25, -0.2) is 4.79 Å². The van der Waals surface area contributed by atoms with Gasteiger partial charge in [-0.15, -0.1) is 0 Å². The maximum absolute atomic E-state index is 12.3. The van der Waals surface area contributed by atoms with Crippen molar-refractivity contribution in [2.24, 2.45) is 17.8 Å².